The number of nitrogens with zero attached hydrogens (tertiary/aromatic N) is 3. The van der Waals surface area contributed by atoms with Gasteiger partial charge in [0.1, 0.15) is 11.5 Å². The lowest BCUT2D eigenvalue weighted by atomic mass is 9.63. The third-order valence-corrected chi connectivity index (χ3v) is 7.73. The second kappa shape index (κ2) is 10.6. The first kappa shape index (κ1) is 27.4. The van der Waals surface area contributed by atoms with Crippen molar-refractivity contribution < 1.29 is 19.2 Å². The Balaban J connectivity index is 1.55. The zero-order chi connectivity index (χ0) is 27.7. The zero-order valence-electron chi connectivity index (χ0n) is 22.6. The van der Waals surface area contributed by atoms with E-state index in [1.54, 1.807) is 23.3 Å². The third kappa shape index (κ3) is 5.93. The van der Waals surface area contributed by atoms with Crippen LogP contribution in [0, 0.1) is 5.82 Å². The number of carbonyl (C=O) groups is 2. The van der Waals surface area contributed by atoms with Gasteiger partial charge in [0.2, 0.25) is 5.91 Å². The molecule has 202 valence electrons. The second-order valence-corrected chi connectivity index (χ2v) is 11.6. The molecule has 8 nitrogen and oxygen atoms in total. The minimum atomic E-state index is -0.524. The number of hydrogen-bond acceptors (Lipinski definition) is 5. The predicted molar refractivity (Wildman–Crippen MR) is 141 cm³/mol. The third-order valence-electron chi connectivity index (χ3n) is 7.73. The van der Waals surface area contributed by atoms with Crippen LogP contribution in [0.2, 0.25) is 0 Å². The summed E-state index contributed by atoms with van der Waals surface area (Å²) in [5.74, 6) is -1.30. The van der Waals surface area contributed by atoms with Gasteiger partial charge in [-0.2, -0.15) is 0 Å². The summed E-state index contributed by atoms with van der Waals surface area (Å²) in [6, 6.07) is 11.0. The van der Waals surface area contributed by atoms with Crippen molar-refractivity contribution in [2.45, 2.75) is 83.2 Å². The van der Waals surface area contributed by atoms with Crippen LogP contribution < -0.4 is 10.8 Å². The van der Waals surface area contributed by atoms with Crippen LogP contribution in [0.1, 0.15) is 98.7 Å². The van der Waals surface area contributed by atoms with Crippen molar-refractivity contribution in [1.29, 1.82) is 0 Å². The van der Waals surface area contributed by atoms with Crippen molar-refractivity contribution >= 4 is 11.8 Å². The highest BCUT2D eigenvalue weighted by molar-refractivity contribution is 5.94. The van der Waals surface area contributed by atoms with Crippen molar-refractivity contribution in [3.8, 4) is 0 Å². The summed E-state index contributed by atoms with van der Waals surface area (Å²) in [7, 11) is 0. The van der Waals surface area contributed by atoms with E-state index in [0.29, 0.717) is 17.7 Å². The Morgan fingerprint density at radius 3 is 2.37 bits per heavy atom. The molecule has 1 aliphatic carbocycles. The number of aromatic nitrogens is 3. The maximum absolute atomic E-state index is 13.2. The lowest BCUT2D eigenvalue weighted by Gasteiger charge is -2.42. The number of amides is 2. The largest absolute Gasteiger partial charge is 0.344 e. The lowest BCUT2D eigenvalue weighted by Crippen LogP contribution is -2.34. The van der Waals surface area contributed by atoms with Crippen LogP contribution in [0.25, 0.3) is 0 Å². The van der Waals surface area contributed by atoms with Crippen molar-refractivity contribution in [1.82, 2.24) is 25.8 Å². The van der Waals surface area contributed by atoms with E-state index in [-0.39, 0.29) is 23.2 Å². The normalized spacial score (nSPS) is 17.2. The smallest absolute Gasteiger partial charge is 0.251 e. The molecule has 38 heavy (non-hydrogen) atoms. The van der Waals surface area contributed by atoms with Crippen LogP contribution in [-0.4, -0.2) is 32.0 Å². The van der Waals surface area contributed by atoms with Gasteiger partial charge in [-0.15, -0.1) is 5.10 Å². The molecule has 2 amide bonds. The fraction of sp³-hybridized carbons (Fsp3) is 0.448. The minimum Gasteiger partial charge on any atom is -0.344 e. The van der Waals surface area contributed by atoms with Gasteiger partial charge < -0.3 is 5.32 Å². The van der Waals surface area contributed by atoms with E-state index in [0.717, 1.165) is 18.4 Å². The molecular formula is C29H36FN5O3. The standard InChI is InChI=1S/C29H36FN5O3/c1-18(31-27(37)20-7-9-21(30)10-8-20)25-17-35(34-32-25)22(16-26(36)33-38)14-19-6-11-23-24(15-19)29(4,5)13-12-28(23,2)3/h6-11,15,17-18,22,38H,12-14,16H2,1-5H3,(H,31,37)(H,33,36)/t18?,22-/m1/s1. The molecule has 0 spiro atoms. The predicted octanol–water partition coefficient (Wildman–Crippen LogP) is 4.94. The second-order valence-electron chi connectivity index (χ2n) is 11.6. The molecule has 3 aromatic rings. The Labute approximate surface area is 222 Å². The molecule has 0 fully saturated rings. The fourth-order valence-corrected chi connectivity index (χ4v) is 5.18. The molecule has 0 saturated carbocycles. The van der Waals surface area contributed by atoms with E-state index in [1.165, 1.54) is 35.4 Å². The average molecular weight is 522 g/mol. The Morgan fingerprint density at radius 2 is 1.71 bits per heavy atom. The first-order valence-corrected chi connectivity index (χ1v) is 12.9. The molecule has 0 saturated heterocycles. The maximum Gasteiger partial charge on any atom is 0.251 e. The molecule has 3 N–H and O–H groups in total. The molecule has 2 atom stereocenters. The number of hydrogen-bond donors (Lipinski definition) is 3. The van der Waals surface area contributed by atoms with Gasteiger partial charge in [0, 0.05) is 5.56 Å². The summed E-state index contributed by atoms with van der Waals surface area (Å²) >= 11 is 0. The van der Waals surface area contributed by atoms with Gasteiger partial charge in [0.15, 0.2) is 0 Å². The van der Waals surface area contributed by atoms with Crippen LogP contribution in [0.4, 0.5) is 4.39 Å². The molecule has 0 aliphatic heterocycles. The highest BCUT2D eigenvalue weighted by atomic mass is 19.1. The summed E-state index contributed by atoms with van der Waals surface area (Å²) in [6.07, 6.45) is 4.44. The van der Waals surface area contributed by atoms with Gasteiger partial charge in [-0.3, -0.25) is 14.8 Å². The molecule has 0 bridgehead atoms. The molecule has 4 rings (SSSR count). The first-order valence-electron chi connectivity index (χ1n) is 12.9. The number of rotatable bonds is 8. The molecular weight excluding hydrogens is 485 g/mol. The topological polar surface area (TPSA) is 109 Å². The number of benzene rings is 2. The van der Waals surface area contributed by atoms with Crippen molar-refractivity contribution in [3.63, 3.8) is 0 Å². The van der Waals surface area contributed by atoms with E-state index in [1.807, 2.05) is 0 Å². The number of hydroxylamine groups is 1. The summed E-state index contributed by atoms with van der Waals surface area (Å²) in [5.41, 5.74) is 6.48. The van der Waals surface area contributed by atoms with Crippen molar-refractivity contribution in [3.05, 3.63) is 82.4 Å². The highest BCUT2D eigenvalue weighted by Gasteiger charge is 2.37. The number of halogens is 1. The van der Waals surface area contributed by atoms with Crippen LogP contribution in [0.5, 0.6) is 0 Å². The summed E-state index contributed by atoms with van der Waals surface area (Å²) < 4.78 is 14.8. The molecule has 9 heteroatoms. The van der Waals surface area contributed by atoms with Gasteiger partial charge >= 0.3 is 0 Å². The van der Waals surface area contributed by atoms with Crippen LogP contribution in [0.15, 0.2) is 48.7 Å². The maximum atomic E-state index is 13.2. The molecule has 1 heterocycles. The Morgan fingerprint density at radius 1 is 1.05 bits per heavy atom. The van der Waals surface area contributed by atoms with Crippen LogP contribution in [-0.2, 0) is 22.0 Å². The fourth-order valence-electron chi connectivity index (χ4n) is 5.18. The molecule has 2 aromatic carbocycles. The van der Waals surface area contributed by atoms with Crippen molar-refractivity contribution in [2.75, 3.05) is 0 Å². The average Bonchev–Trinajstić information content (AvgIpc) is 3.37. The van der Waals surface area contributed by atoms with E-state index < -0.39 is 23.8 Å². The van der Waals surface area contributed by atoms with E-state index >= 15 is 0 Å². The Kier molecular flexibility index (Phi) is 7.69. The summed E-state index contributed by atoms with van der Waals surface area (Å²) in [5, 5.41) is 20.5. The van der Waals surface area contributed by atoms with Crippen LogP contribution >= 0.6 is 0 Å². The van der Waals surface area contributed by atoms with Gasteiger partial charge in [-0.1, -0.05) is 51.1 Å². The van der Waals surface area contributed by atoms with Crippen molar-refractivity contribution in [2.24, 2.45) is 0 Å². The number of carbonyl (C=O) groups excluding carboxylic acids is 2. The van der Waals surface area contributed by atoms with E-state index in [9.17, 15) is 19.2 Å². The van der Waals surface area contributed by atoms with E-state index in [4.69, 9.17) is 0 Å². The van der Waals surface area contributed by atoms with Crippen LogP contribution in [0.3, 0.4) is 0 Å². The molecule has 1 unspecified atom stereocenters. The first-order chi connectivity index (χ1) is 17.9. The highest BCUT2D eigenvalue weighted by Crippen LogP contribution is 2.46. The minimum absolute atomic E-state index is 0.00158. The van der Waals surface area contributed by atoms with Gasteiger partial charge in [0.25, 0.3) is 5.91 Å². The SMILES string of the molecule is CC(NC(=O)c1ccc(F)cc1)c1cn([C@@H](CC(=O)NO)Cc2ccc3c(c2)C(C)(C)CCC3(C)C)nn1. The van der Waals surface area contributed by atoms with Gasteiger partial charge in [-0.25, -0.2) is 14.6 Å². The quantitative estimate of drug-likeness (QED) is 0.288. The zero-order valence-corrected chi connectivity index (χ0v) is 22.6. The number of nitrogens with one attached hydrogen (secondary N) is 2. The Hall–Kier alpha value is -3.59. The molecule has 1 aliphatic rings. The van der Waals surface area contributed by atoms with E-state index in [2.05, 4.69) is 61.5 Å². The molecule has 1 aromatic heterocycles. The molecule has 0 radical (unpaired) electrons. The number of fused-ring (bicyclic) bond motifs is 1. The Bertz CT molecular complexity index is 1320. The van der Waals surface area contributed by atoms with Gasteiger partial charge in [-0.05, 0) is 78.0 Å². The lowest BCUT2D eigenvalue weighted by molar-refractivity contribution is -0.130. The van der Waals surface area contributed by atoms with Gasteiger partial charge in [0.05, 0.1) is 24.7 Å². The summed E-state index contributed by atoms with van der Waals surface area (Å²) in [4.78, 5) is 24.7. The summed E-state index contributed by atoms with van der Waals surface area (Å²) in [6.45, 7) is 10.9. The monoisotopic (exact) mass is 521 g/mol.